The number of rotatable bonds is 2. The van der Waals surface area contributed by atoms with Gasteiger partial charge < -0.3 is 5.73 Å². The van der Waals surface area contributed by atoms with Crippen molar-refractivity contribution in [1.29, 1.82) is 0 Å². The molecule has 0 heterocycles. The molecule has 5 heteroatoms. The Balaban J connectivity index is 2.70. The van der Waals surface area contributed by atoms with E-state index in [1.165, 1.54) is 6.08 Å². The fourth-order valence-electron chi connectivity index (χ4n) is 2.03. The van der Waals surface area contributed by atoms with E-state index in [0.29, 0.717) is 5.56 Å². The molecule has 90 valence electrons. The van der Waals surface area contributed by atoms with Gasteiger partial charge in [0.2, 0.25) is 0 Å². The standard InChI is InChI=1S/C12H13NO3S/c13-11-8-4-5-9-12(11,17(14,15)16)10-6-2-1-3-7-10/h1-9,11H,13H2,(H,14,15,16)/t11-,12-/m1/s1. The lowest BCUT2D eigenvalue weighted by molar-refractivity contribution is 0.436. The Bertz CT molecular complexity index is 563. The molecule has 2 atom stereocenters. The van der Waals surface area contributed by atoms with Gasteiger partial charge in [0.15, 0.2) is 4.75 Å². The molecule has 0 aliphatic heterocycles. The van der Waals surface area contributed by atoms with Gasteiger partial charge in [-0.15, -0.1) is 0 Å². The monoisotopic (exact) mass is 251 g/mol. The normalized spacial score (nSPS) is 28.2. The van der Waals surface area contributed by atoms with Gasteiger partial charge in [-0.05, 0) is 5.56 Å². The summed E-state index contributed by atoms with van der Waals surface area (Å²) in [6.07, 6.45) is 6.21. The molecular weight excluding hydrogens is 238 g/mol. The SMILES string of the molecule is N[C@@H]1C=CC=C[C@]1(c1ccccc1)S(=O)(=O)O. The molecule has 0 spiro atoms. The van der Waals surface area contributed by atoms with Crippen molar-refractivity contribution in [3.8, 4) is 0 Å². The van der Waals surface area contributed by atoms with Gasteiger partial charge in [-0.2, -0.15) is 8.42 Å². The predicted octanol–water partition coefficient (Wildman–Crippen LogP) is 1.22. The Labute approximate surface area is 100 Å². The molecule has 0 bridgehead atoms. The second-order valence-corrected chi connectivity index (χ2v) is 5.53. The lowest BCUT2D eigenvalue weighted by Gasteiger charge is -2.33. The summed E-state index contributed by atoms with van der Waals surface area (Å²) in [6.45, 7) is 0. The Hall–Kier alpha value is -1.43. The molecule has 0 fully saturated rings. The average Bonchev–Trinajstić information content (AvgIpc) is 2.29. The Morgan fingerprint density at radius 3 is 2.35 bits per heavy atom. The van der Waals surface area contributed by atoms with E-state index < -0.39 is 20.9 Å². The maximum Gasteiger partial charge on any atom is 0.280 e. The molecule has 0 radical (unpaired) electrons. The van der Waals surface area contributed by atoms with Crippen LogP contribution in [-0.2, 0) is 14.9 Å². The third-order valence-electron chi connectivity index (χ3n) is 2.92. The van der Waals surface area contributed by atoms with E-state index in [0.717, 1.165) is 0 Å². The average molecular weight is 251 g/mol. The van der Waals surface area contributed by atoms with Gasteiger partial charge in [0.05, 0.1) is 6.04 Å². The summed E-state index contributed by atoms with van der Waals surface area (Å²) in [6, 6.07) is 7.65. The zero-order valence-corrected chi connectivity index (χ0v) is 9.84. The van der Waals surface area contributed by atoms with Gasteiger partial charge >= 0.3 is 0 Å². The predicted molar refractivity (Wildman–Crippen MR) is 65.9 cm³/mol. The van der Waals surface area contributed by atoms with Crippen LogP contribution in [0.25, 0.3) is 0 Å². The van der Waals surface area contributed by atoms with Crippen molar-refractivity contribution in [3.05, 3.63) is 60.2 Å². The van der Waals surface area contributed by atoms with Crippen LogP contribution in [0.15, 0.2) is 54.6 Å². The first kappa shape index (κ1) is 12.0. The van der Waals surface area contributed by atoms with E-state index >= 15 is 0 Å². The van der Waals surface area contributed by atoms with Crippen LogP contribution in [0.1, 0.15) is 5.56 Å². The topological polar surface area (TPSA) is 80.4 Å². The van der Waals surface area contributed by atoms with Crippen molar-refractivity contribution < 1.29 is 13.0 Å². The molecule has 2 rings (SSSR count). The zero-order chi connectivity index (χ0) is 12.5. The maximum atomic E-state index is 11.7. The van der Waals surface area contributed by atoms with Gasteiger partial charge in [0.25, 0.3) is 10.1 Å². The molecule has 1 aliphatic carbocycles. The summed E-state index contributed by atoms with van der Waals surface area (Å²) in [5.74, 6) is 0. The molecule has 1 aliphatic rings. The fourth-order valence-corrected chi connectivity index (χ4v) is 3.14. The summed E-state index contributed by atoms with van der Waals surface area (Å²) >= 11 is 0. The molecule has 1 aromatic rings. The molecule has 0 unspecified atom stereocenters. The molecule has 4 nitrogen and oxygen atoms in total. The summed E-state index contributed by atoms with van der Waals surface area (Å²) in [7, 11) is -4.35. The van der Waals surface area contributed by atoms with Crippen molar-refractivity contribution in [3.63, 3.8) is 0 Å². The largest absolute Gasteiger partial charge is 0.322 e. The van der Waals surface area contributed by atoms with Crippen LogP contribution in [0, 0.1) is 0 Å². The highest BCUT2D eigenvalue weighted by molar-refractivity contribution is 7.87. The fraction of sp³-hybridized carbons (Fsp3) is 0.167. The highest BCUT2D eigenvalue weighted by atomic mass is 32.2. The van der Waals surface area contributed by atoms with Gasteiger partial charge in [0.1, 0.15) is 0 Å². The zero-order valence-electron chi connectivity index (χ0n) is 9.02. The maximum absolute atomic E-state index is 11.7. The van der Waals surface area contributed by atoms with Crippen molar-refractivity contribution in [1.82, 2.24) is 0 Å². The molecule has 0 saturated heterocycles. The first-order valence-corrected chi connectivity index (χ1v) is 6.56. The van der Waals surface area contributed by atoms with E-state index in [9.17, 15) is 13.0 Å². The summed E-state index contributed by atoms with van der Waals surface area (Å²) < 4.78 is 31.3. The number of allylic oxidation sites excluding steroid dienone is 2. The molecule has 1 aromatic carbocycles. The lowest BCUT2D eigenvalue weighted by atomic mass is 9.87. The Morgan fingerprint density at radius 1 is 1.18 bits per heavy atom. The van der Waals surface area contributed by atoms with Gasteiger partial charge in [-0.25, -0.2) is 0 Å². The van der Waals surface area contributed by atoms with Crippen LogP contribution in [0.4, 0.5) is 0 Å². The second-order valence-electron chi connectivity index (χ2n) is 3.90. The first-order chi connectivity index (χ1) is 7.98. The molecule has 0 amide bonds. The van der Waals surface area contributed by atoms with E-state index in [-0.39, 0.29) is 0 Å². The third-order valence-corrected chi connectivity index (χ3v) is 4.42. The highest BCUT2D eigenvalue weighted by Gasteiger charge is 2.47. The van der Waals surface area contributed by atoms with E-state index in [1.807, 2.05) is 0 Å². The van der Waals surface area contributed by atoms with Crippen molar-refractivity contribution in [2.24, 2.45) is 5.73 Å². The van der Waals surface area contributed by atoms with Crippen LogP contribution in [0.5, 0.6) is 0 Å². The Morgan fingerprint density at radius 2 is 1.82 bits per heavy atom. The lowest BCUT2D eigenvalue weighted by Crippen LogP contribution is -2.49. The van der Waals surface area contributed by atoms with Crippen LogP contribution >= 0.6 is 0 Å². The smallest absolute Gasteiger partial charge is 0.280 e. The summed E-state index contributed by atoms with van der Waals surface area (Å²) in [5, 5.41) is 0. The van der Waals surface area contributed by atoms with E-state index in [1.54, 1.807) is 48.6 Å². The molecule has 3 N–H and O–H groups in total. The van der Waals surface area contributed by atoms with Crippen molar-refractivity contribution in [2.45, 2.75) is 10.8 Å². The highest BCUT2D eigenvalue weighted by Crippen LogP contribution is 2.36. The first-order valence-electron chi connectivity index (χ1n) is 5.12. The third kappa shape index (κ3) is 1.82. The van der Waals surface area contributed by atoms with Crippen molar-refractivity contribution in [2.75, 3.05) is 0 Å². The number of hydrogen-bond donors (Lipinski definition) is 2. The molecule has 0 saturated carbocycles. The number of benzene rings is 1. The molecule has 17 heavy (non-hydrogen) atoms. The van der Waals surface area contributed by atoms with Gasteiger partial charge in [0, 0.05) is 0 Å². The van der Waals surface area contributed by atoms with Gasteiger partial charge in [-0.3, -0.25) is 4.55 Å². The minimum Gasteiger partial charge on any atom is -0.322 e. The molecule has 0 aromatic heterocycles. The van der Waals surface area contributed by atoms with E-state index in [4.69, 9.17) is 5.73 Å². The molecular formula is C12H13NO3S. The van der Waals surface area contributed by atoms with Crippen LogP contribution in [0.3, 0.4) is 0 Å². The van der Waals surface area contributed by atoms with Crippen LogP contribution in [0.2, 0.25) is 0 Å². The minimum atomic E-state index is -4.35. The van der Waals surface area contributed by atoms with Crippen LogP contribution < -0.4 is 5.73 Å². The number of hydrogen-bond acceptors (Lipinski definition) is 3. The Kier molecular flexibility index (Phi) is 2.91. The quantitative estimate of drug-likeness (QED) is 0.774. The minimum absolute atomic E-state index is 0.454. The summed E-state index contributed by atoms with van der Waals surface area (Å²) in [5.41, 5.74) is 6.31. The van der Waals surface area contributed by atoms with Gasteiger partial charge in [-0.1, -0.05) is 54.6 Å². The number of nitrogens with two attached hydrogens (primary N) is 1. The summed E-state index contributed by atoms with van der Waals surface area (Å²) in [4.78, 5) is 0. The van der Waals surface area contributed by atoms with E-state index in [2.05, 4.69) is 0 Å². The van der Waals surface area contributed by atoms with Crippen molar-refractivity contribution >= 4 is 10.1 Å². The van der Waals surface area contributed by atoms with Crippen LogP contribution in [-0.4, -0.2) is 19.0 Å². The second kappa shape index (κ2) is 4.10.